The fourth-order valence-electron chi connectivity index (χ4n) is 4.97. The van der Waals surface area contributed by atoms with Gasteiger partial charge in [0, 0.05) is 55.0 Å². The highest BCUT2D eigenvalue weighted by molar-refractivity contribution is 5.99. The molecular formula is C29H30N6O. The maximum Gasteiger partial charge on any atom is 0.252 e. The van der Waals surface area contributed by atoms with Crippen molar-refractivity contribution in [3.63, 3.8) is 0 Å². The zero-order valence-electron chi connectivity index (χ0n) is 20.3. The number of aromatic amines is 1. The van der Waals surface area contributed by atoms with E-state index in [1.807, 2.05) is 60.8 Å². The summed E-state index contributed by atoms with van der Waals surface area (Å²) in [6, 6.07) is 19.8. The summed E-state index contributed by atoms with van der Waals surface area (Å²) in [5.74, 6) is 0.231. The molecule has 2 aromatic heterocycles. The smallest absolute Gasteiger partial charge is 0.252 e. The fourth-order valence-corrected chi connectivity index (χ4v) is 4.97. The summed E-state index contributed by atoms with van der Waals surface area (Å²) in [5, 5.41) is 10.3. The van der Waals surface area contributed by atoms with E-state index in [9.17, 15) is 10.1 Å². The number of aromatic nitrogens is 2. The summed E-state index contributed by atoms with van der Waals surface area (Å²) in [4.78, 5) is 24.8. The zero-order chi connectivity index (χ0) is 24.9. The number of pyridine rings is 1. The van der Waals surface area contributed by atoms with Gasteiger partial charge in [-0.15, -0.1) is 0 Å². The van der Waals surface area contributed by atoms with E-state index in [1.165, 1.54) is 5.56 Å². The number of hydrogen-bond acceptors (Lipinski definition) is 5. The number of rotatable bonds is 8. The van der Waals surface area contributed by atoms with Gasteiger partial charge in [0.25, 0.3) is 5.91 Å². The van der Waals surface area contributed by atoms with E-state index in [2.05, 4.69) is 32.0 Å². The molecule has 1 amide bonds. The SMILES string of the molecule is N#Cc1ccc2[nH]cc(CCCCN3CCN(c4ncc(-c5ccccc5)cc4C(N)=O)CC3)c2c1. The van der Waals surface area contributed by atoms with Crippen LogP contribution in [-0.2, 0) is 6.42 Å². The molecule has 182 valence electrons. The molecule has 7 heteroatoms. The highest BCUT2D eigenvalue weighted by Crippen LogP contribution is 2.26. The topological polar surface area (TPSA) is 102 Å². The molecule has 0 saturated carbocycles. The van der Waals surface area contributed by atoms with Crippen molar-refractivity contribution in [3.05, 3.63) is 83.7 Å². The Hall–Kier alpha value is -4.15. The standard InChI is InChI=1S/C29H30N6O/c30-18-21-9-10-27-25(16-21)23(19-32-27)8-4-5-11-34-12-14-35(15-13-34)29-26(28(31)36)17-24(20-33-29)22-6-2-1-3-7-22/h1-3,6-7,9-10,16-17,19-20,32H,4-5,8,11-15H2,(H2,31,36). The summed E-state index contributed by atoms with van der Waals surface area (Å²) < 4.78 is 0. The van der Waals surface area contributed by atoms with Gasteiger partial charge in [0.2, 0.25) is 0 Å². The first-order valence-corrected chi connectivity index (χ1v) is 12.4. The average Bonchev–Trinajstić information content (AvgIpc) is 3.33. The largest absolute Gasteiger partial charge is 0.365 e. The van der Waals surface area contributed by atoms with Crippen LogP contribution in [0, 0.1) is 11.3 Å². The third-order valence-corrected chi connectivity index (χ3v) is 6.98. The molecule has 0 atom stereocenters. The molecule has 0 aliphatic carbocycles. The predicted molar refractivity (Wildman–Crippen MR) is 143 cm³/mol. The second-order valence-corrected chi connectivity index (χ2v) is 9.30. The van der Waals surface area contributed by atoms with E-state index in [0.29, 0.717) is 16.9 Å². The lowest BCUT2D eigenvalue weighted by Crippen LogP contribution is -2.47. The Morgan fingerprint density at radius 2 is 1.83 bits per heavy atom. The second kappa shape index (κ2) is 10.6. The van der Waals surface area contributed by atoms with Gasteiger partial charge in [-0.3, -0.25) is 9.69 Å². The number of nitrogens with two attached hydrogens (primary N) is 1. The van der Waals surface area contributed by atoms with E-state index in [-0.39, 0.29) is 0 Å². The molecular weight excluding hydrogens is 448 g/mol. The first-order chi connectivity index (χ1) is 17.6. The lowest BCUT2D eigenvalue weighted by atomic mass is 10.0. The number of anilines is 1. The van der Waals surface area contributed by atoms with Crippen LogP contribution in [0.15, 0.2) is 67.0 Å². The van der Waals surface area contributed by atoms with E-state index in [1.54, 1.807) is 0 Å². The van der Waals surface area contributed by atoms with Crippen LogP contribution < -0.4 is 10.6 Å². The summed E-state index contributed by atoms with van der Waals surface area (Å²) >= 11 is 0. The van der Waals surface area contributed by atoms with Gasteiger partial charge in [-0.2, -0.15) is 5.26 Å². The van der Waals surface area contributed by atoms with E-state index < -0.39 is 5.91 Å². The number of benzene rings is 2. The van der Waals surface area contributed by atoms with Crippen molar-refractivity contribution in [2.75, 3.05) is 37.6 Å². The van der Waals surface area contributed by atoms with Crippen molar-refractivity contribution in [2.45, 2.75) is 19.3 Å². The number of primary amides is 1. The molecule has 1 fully saturated rings. The zero-order valence-corrected chi connectivity index (χ0v) is 20.3. The van der Waals surface area contributed by atoms with E-state index >= 15 is 0 Å². The number of carbonyl (C=O) groups excluding carboxylic acids is 1. The Balaban J connectivity index is 1.14. The predicted octanol–water partition coefficient (Wildman–Crippen LogP) is 4.35. The fraction of sp³-hybridized carbons (Fsp3) is 0.276. The summed E-state index contributed by atoms with van der Waals surface area (Å²) in [6.45, 7) is 4.54. The van der Waals surface area contributed by atoms with Gasteiger partial charge in [0.05, 0.1) is 17.2 Å². The molecule has 0 unspecified atom stereocenters. The number of nitriles is 1. The number of unbranched alkanes of at least 4 members (excludes halogenated alkanes) is 1. The minimum atomic E-state index is -0.447. The molecule has 0 spiro atoms. The quantitative estimate of drug-likeness (QED) is 0.367. The first kappa shape index (κ1) is 23.6. The molecule has 2 aromatic carbocycles. The van der Waals surface area contributed by atoms with E-state index in [4.69, 9.17) is 5.73 Å². The van der Waals surface area contributed by atoms with Crippen LogP contribution in [0.4, 0.5) is 5.82 Å². The van der Waals surface area contributed by atoms with Crippen molar-refractivity contribution >= 4 is 22.6 Å². The van der Waals surface area contributed by atoms with Crippen LogP contribution in [0.5, 0.6) is 0 Å². The normalized spacial score (nSPS) is 14.1. The molecule has 1 aliphatic rings. The molecule has 3 N–H and O–H groups in total. The van der Waals surface area contributed by atoms with Crippen molar-refractivity contribution in [2.24, 2.45) is 5.73 Å². The molecule has 1 aliphatic heterocycles. The Kier molecular flexibility index (Phi) is 6.96. The van der Waals surface area contributed by atoms with Crippen molar-refractivity contribution in [1.29, 1.82) is 5.26 Å². The molecule has 36 heavy (non-hydrogen) atoms. The van der Waals surface area contributed by atoms with Crippen LogP contribution in [0.2, 0.25) is 0 Å². The Morgan fingerprint density at radius 3 is 2.58 bits per heavy atom. The summed E-state index contributed by atoms with van der Waals surface area (Å²) in [6.07, 6.45) is 7.10. The first-order valence-electron chi connectivity index (χ1n) is 12.4. The lowest BCUT2D eigenvalue weighted by molar-refractivity contribution is 0.1000. The van der Waals surface area contributed by atoms with Gasteiger partial charge in [0.15, 0.2) is 0 Å². The number of H-pyrrole nitrogens is 1. The number of amides is 1. The number of carbonyl (C=O) groups is 1. The lowest BCUT2D eigenvalue weighted by Gasteiger charge is -2.36. The minimum absolute atomic E-state index is 0.447. The third kappa shape index (κ3) is 5.09. The highest BCUT2D eigenvalue weighted by atomic mass is 16.1. The molecule has 3 heterocycles. The maximum atomic E-state index is 12.2. The second-order valence-electron chi connectivity index (χ2n) is 9.30. The van der Waals surface area contributed by atoms with Gasteiger partial charge < -0.3 is 15.6 Å². The maximum absolute atomic E-state index is 12.2. The van der Waals surface area contributed by atoms with Gasteiger partial charge in [-0.1, -0.05) is 30.3 Å². The average molecular weight is 479 g/mol. The van der Waals surface area contributed by atoms with Crippen LogP contribution in [0.1, 0.15) is 34.3 Å². The van der Waals surface area contributed by atoms with Crippen molar-refractivity contribution in [1.82, 2.24) is 14.9 Å². The Labute approximate surface area is 211 Å². The number of hydrogen-bond donors (Lipinski definition) is 2. The third-order valence-electron chi connectivity index (χ3n) is 6.98. The van der Waals surface area contributed by atoms with Crippen molar-refractivity contribution in [3.8, 4) is 17.2 Å². The van der Waals surface area contributed by atoms with Gasteiger partial charge >= 0.3 is 0 Å². The van der Waals surface area contributed by atoms with Gasteiger partial charge in [-0.25, -0.2) is 4.98 Å². The number of piperazine rings is 1. The number of fused-ring (bicyclic) bond motifs is 1. The molecule has 7 nitrogen and oxygen atoms in total. The van der Waals surface area contributed by atoms with Gasteiger partial charge in [0.1, 0.15) is 5.82 Å². The van der Waals surface area contributed by atoms with Gasteiger partial charge in [-0.05, 0) is 61.2 Å². The number of nitrogens with one attached hydrogen (secondary N) is 1. The number of aryl methyl sites for hydroxylation is 1. The minimum Gasteiger partial charge on any atom is -0.365 e. The summed E-state index contributed by atoms with van der Waals surface area (Å²) in [5.41, 5.74) is 11.2. The van der Waals surface area contributed by atoms with Crippen LogP contribution in [0.3, 0.4) is 0 Å². The monoisotopic (exact) mass is 478 g/mol. The van der Waals surface area contributed by atoms with Crippen molar-refractivity contribution < 1.29 is 4.79 Å². The Bertz CT molecular complexity index is 1400. The van der Waals surface area contributed by atoms with Crippen LogP contribution in [-0.4, -0.2) is 53.5 Å². The van der Waals surface area contributed by atoms with Crippen LogP contribution in [0.25, 0.3) is 22.0 Å². The molecule has 4 aromatic rings. The Morgan fingerprint density at radius 1 is 1.03 bits per heavy atom. The molecule has 0 radical (unpaired) electrons. The number of nitrogens with zero attached hydrogens (tertiary/aromatic N) is 4. The molecule has 1 saturated heterocycles. The highest BCUT2D eigenvalue weighted by Gasteiger charge is 2.22. The molecule has 5 rings (SSSR count). The summed E-state index contributed by atoms with van der Waals surface area (Å²) in [7, 11) is 0. The van der Waals surface area contributed by atoms with E-state index in [0.717, 1.165) is 74.0 Å². The molecule has 0 bridgehead atoms. The van der Waals surface area contributed by atoms with Crippen LogP contribution >= 0.6 is 0 Å².